The first-order valence-corrected chi connectivity index (χ1v) is 8.30. The molecule has 1 amide bonds. The number of anilines is 1. The zero-order valence-electron chi connectivity index (χ0n) is 13.5. The van der Waals surface area contributed by atoms with Gasteiger partial charge in [-0.2, -0.15) is 4.98 Å². The van der Waals surface area contributed by atoms with E-state index < -0.39 is 0 Å². The van der Waals surface area contributed by atoms with Gasteiger partial charge in [-0.15, -0.1) is 0 Å². The fourth-order valence-electron chi connectivity index (χ4n) is 3.05. The molecule has 3 heterocycles. The Kier molecular flexibility index (Phi) is 3.97. The lowest BCUT2D eigenvalue weighted by atomic mass is 10.1. The maximum atomic E-state index is 12.5. The quantitative estimate of drug-likeness (QED) is 0.718. The molecule has 7 heteroatoms. The summed E-state index contributed by atoms with van der Waals surface area (Å²) < 4.78 is 5.34. The average Bonchev–Trinajstić information content (AvgIpc) is 3.23. The molecule has 25 heavy (non-hydrogen) atoms. The van der Waals surface area contributed by atoms with E-state index in [2.05, 4.69) is 15.1 Å². The fourth-order valence-corrected chi connectivity index (χ4v) is 3.27. The van der Waals surface area contributed by atoms with E-state index in [0.717, 1.165) is 16.8 Å². The number of aryl methyl sites for hydroxylation is 1. The van der Waals surface area contributed by atoms with Gasteiger partial charge in [0.1, 0.15) is 0 Å². The third kappa shape index (κ3) is 3.00. The number of amides is 1. The maximum Gasteiger partial charge on any atom is 0.258 e. The molecule has 1 aromatic carbocycles. The lowest BCUT2D eigenvalue weighted by molar-refractivity contribution is -0.117. The second-order valence-electron chi connectivity index (χ2n) is 6.03. The van der Waals surface area contributed by atoms with Gasteiger partial charge in [0.05, 0.1) is 0 Å². The van der Waals surface area contributed by atoms with E-state index >= 15 is 0 Å². The molecule has 0 spiro atoms. The van der Waals surface area contributed by atoms with Crippen LogP contribution in [0.3, 0.4) is 0 Å². The lowest BCUT2D eigenvalue weighted by Crippen LogP contribution is -2.25. The van der Waals surface area contributed by atoms with E-state index in [9.17, 15) is 4.79 Å². The van der Waals surface area contributed by atoms with Gasteiger partial charge in [0.2, 0.25) is 5.91 Å². The molecule has 0 aliphatic carbocycles. The van der Waals surface area contributed by atoms with Gasteiger partial charge in [0.15, 0.2) is 5.82 Å². The number of aromatic nitrogens is 3. The summed E-state index contributed by atoms with van der Waals surface area (Å²) in [5.41, 5.74) is 2.64. The van der Waals surface area contributed by atoms with E-state index in [1.807, 2.05) is 19.1 Å². The molecule has 1 saturated heterocycles. The van der Waals surface area contributed by atoms with Crippen LogP contribution in [0.5, 0.6) is 0 Å². The third-order valence-corrected chi connectivity index (χ3v) is 4.54. The first kappa shape index (κ1) is 15.8. The molecule has 1 atom stereocenters. The van der Waals surface area contributed by atoms with Crippen molar-refractivity contribution in [3.63, 3.8) is 0 Å². The number of nitrogens with zero attached hydrogens (tertiary/aromatic N) is 4. The number of carbonyl (C=O) groups excluding carboxylic acids is 1. The Hall–Kier alpha value is -2.73. The van der Waals surface area contributed by atoms with E-state index in [1.54, 1.807) is 35.5 Å². The first-order valence-electron chi connectivity index (χ1n) is 7.92. The van der Waals surface area contributed by atoms with E-state index in [4.69, 9.17) is 16.1 Å². The Morgan fingerprint density at radius 3 is 2.80 bits per heavy atom. The second kappa shape index (κ2) is 6.29. The van der Waals surface area contributed by atoms with Crippen LogP contribution in [0.25, 0.3) is 11.5 Å². The van der Waals surface area contributed by atoms with Crippen LogP contribution in [0.4, 0.5) is 5.69 Å². The molecule has 0 N–H and O–H groups in total. The maximum absolute atomic E-state index is 12.5. The Balaban J connectivity index is 1.57. The largest absolute Gasteiger partial charge is 0.334 e. The predicted molar refractivity (Wildman–Crippen MR) is 93.4 cm³/mol. The Labute approximate surface area is 149 Å². The van der Waals surface area contributed by atoms with Crippen molar-refractivity contribution >= 4 is 23.2 Å². The Bertz CT molecular complexity index is 926. The van der Waals surface area contributed by atoms with Crippen LogP contribution in [0.15, 0.2) is 47.2 Å². The zero-order chi connectivity index (χ0) is 17.4. The molecular weight excluding hydrogens is 340 g/mol. The monoisotopic (exact) mass is 354 g/mol. The van der Waals surface area contributed by atoms with E-state index in [1.165, 1.54) is 0 Å². The van der Waals surface area contributed by atoms with Gasteiger partial charge in [-0.25, -0.2) is 0 Å². The Morgan fingerprint density at radius 2 is 2.04 bits per heavy atom. The highest BCUT2D eigenvalue weighted by Crippen LogP contribution is 2.33. The van der Waals surface area contributed by atoms with Crippen molar-refractivity contribution in [2.24, 2.45) is 0 Å². The lowest BCUT2D eigenvalue weighted by Gasteiger charge is -2.18. The van der Waals surface area contributed by atoms with Crippen LogP contribution in [-0.4, -0.2) is 27.6 Å². The summed E-state index contributed by atoms with van der Waals surface area (Å²) in [5, 5.41) is 4.72. The molecular formula is C18H15ClN4O2. The van der Waals surface area contributed by atoms with Crippen LogP contribution in [0.1, 0.15) is 23.7 Å². The topological polar surface area (TPSA) is 72.1 Å². The van der Waals surface area contributed by atoms with Crippen molar-refractivity contribution in [1.29, 1.82) is 0 Å². The minimum Gasteiger partial charge on any atom is -0.334 e. The number of pyridine rings is 1. The van der Waals surface area contributed by atoms with Crippen molar-refractivity contribution in [1.82, 2.24) is 15.1 Å². The Morgan fingerprint density at radius 1 is 1.24 bits per heavy atom. The van der Waals surface area contributed by atoms with Crippen LogP contribution in [-0.2, 0) is 4.79 Å². The number of benzene rings is 1. The van der Waals surface area contributed by atoms with Crippen molar-refractivity contribution < 1.29 is 9.32 Å². The van der Waals surface area contributed by atoms with E-state index in [0.29, 0.717) is 29.7 Å². The number of hydrogen-bond donors (Lipinski definition) is 0. The molecule has 0 bridgehead atoms. The molecule has 4 rings (SSSR count). The molecule has 2 aromatic heterocycles. The second-order valence-corrected chi connectivity index (χ2v) is 6.47. The molecule has 0 saturated carbocycles. The fraction of sp³-hybridized carbons (Fsp3) is 0.222. The SMILES string of the molecule is Cc1cc(Cl)ccc1N1CC(c2noc(-c3ccncc3)n2)CC1=O. The van der Waals surface area contributed by atoms with Crippen LogP contribution < -0.4 is 4.90 Å². The summed E-state index contributed by atoms with van der Waals surface area (Å²) in [5.74, 6) is 0.938. The normalized spacial score (nSPS) is 17.3. The van der Waals surface area contributed by atoms with Crippen molar-refractivity contribution in [3.8, 4) is 11.5 Å². The zero-order valence-corrected chi connectivity index (χ0v) is 14.3. The van der Waals surface area contributed by atoms with Gasteiger partial charge in [0.25, 0.3) is 5.89 Å². The molecule has 1 fully saturated rings. The van der Waals surface area contributed by atoms with Gasteiger partial charge in [-0.05, 0) is 42.8 Å². The molecule has 1 unspecified atom stereocenters. The van der Waals surface area contributed by atoms with Crippen LogP contribution in [0.2, 0.25) is 5.02 Å². The standard InChI is InChI=1S/C18H15ClN4O2/c1-11-8-14(19)2-3-15(11)23-10-13(9-16(23)24)17-21-18(25-22-17)12-4-6-20-7-5-12/h2-8,13H,9-10H2,1H3. The summed E-state index contributed by atoms with van der Waals surface area (Å²) in [4.78, 5) is 22.7. The van der Waals surface area contributed by atoms with Gasteiger partial charge in [-0.1, -0.05) is 16.8 Å². The van der Waals surface area contributed by atoms with Crippen LogP contribution >= 0.6 is 11.6 Å². The van der Waals surface area contributed by atoms with Crippen LogP contribution in [0, 0.1) is 6.92 Å². The van der Waals surface area contributed by atoms with Crippen molar-refractivity contribution in [2.45, 2.75) is 19.3 Å². The minimum atomic E-state index is -0.0954. The minimum absolute atomic E-state index is 0.0469. The highest BCUT2D eigenvalue weighted by molar-refractivity contribution is 6.30. The first-order chi connectivity index (χ1) is 12.1. The van der Waals surface area contributed by atoms with Gasteiger partial charge >= 0.3 is 0 Å². The summed E-state index contributed by atoms with van der Waals surface area (Å²) in [6, 6.07) is 9.13. The molecule has 1 aliphatic rings. The summed E-state index contributed by atoms with van der Waals surface area (Å²) in [6.45, 7) is 2.47. The predicted octanol–water partition coefficient (Wildman–Crippen LogP) is 3.61. The van der Waals surface area contributed by atoms with E-state index in [-0.39, 0.29) is 11.8 Å². The average molecular weight is 355 g/mol. The molecule has 126 valence electrons. The third-order valence-electron chi connectivity index (χ3n) is 4.31. The molecule has 3 aromatic rings. The summed E-state index contributed by atoms with van der Waals surface area (Å²) >= 11 is 6.01. The van der Waals surface area contributed by atoms with Crippen molar-refractivity contribution in [2.75, 3.05) is 11.4 Å². The molecule has 6 nitrogen and oxygen atoms in total. The van der Waals surface area contributed by atoms with Gasteiger partial charge in [0, 0.05) is 47.6 Å². The van der Waals surface area contributed by atoms with Gasteiger partial charge in [-0.3, -0.25) is 9.78 Å². The summed E-state index contributed by atoms with van der Waals surface area (Å²) in [6.07, 6.45) is 3.70. The number of hydrogen-bond acceptors (Lipinski definition) is 5. The number of halogens is 1. The van der Waals surface area contributed by atoms with Crippen molar-refractivity contribution in [3.05, 3.63) is 59.1 Å². The summed E-state index contributed by atoms with van der Waals surface area (Å²) in [7, 11) is 0. The van der Waals surface area contributed by atoms with Gasteiger partial charge < -0.3 is 9.42 Å². The molecule has 0 radical (unpaired) electrons. The number of rotatable bonds is 3. The smallest absolute Gasteiger partial charge is 0.258 e. The highest BCUT2D eigenvalue weighted by Gasteiger charge is 2.35. The molecule has 1 aliphatic heterocycles. The highest BCUT2D eigenvalue weighted by atomic mass is 35.5. The number of carbonyl (C=O) groups is 1.